The molecule has 4 heterocycles. The Kier molecular flexibility index (Phi) is 16.0. The van der Waals surface area contributed by atoms with Crippen LogP contribution in [0.5, 0.6) is 23.0 Å². The van der Waals surface area contributed by atoms with Crippen molar-refractivity contribution in [3.8, 4) is 45.3 Å². The van der Waals surface area contributed by atoms with Gasteiger partial charge in [0, 0.05) is 34.6 Å². The van der Waals surface area contributed by atoms with Gasteiger partial charge in [-0.25, -0.2) is 19.6 Å². The minimum absolute atomic E-state index is 0.0418. The number of hydrogen-bond donors (Lipinski definition) is 1. The summed E-state index contributed by atoms with van der Waals surface area (Å²) in [5.74, 6) is -3.13. The molecule has 4 aromatic heterocycles. The highest BCUT2D eigenvalue weighted by atomic mass is 32.2. The second-order valence-electron chi connectivity index (χ2n) is 15.2. The summed E-state index contributed by atoms with van der Waals surface area (Å²) in [5.41, 5.74) is -6.64. The highest BCUT2D eigenvalue weighted by molar-refractivity contribution is 7.88. The number of alkyl halides is 3. The van der Waals surface area contributed by atoms with Gasteiger partial charge in [0.2, 0.25) is 0 Å². The number of para-hydroxylation sites is 2. The van der Waals surface area contributed by atoms with Crippen LogP contribution in [0.2, 0.25) is 0 Å². The number of aromatic nitrogens is 4. The lowest BCUT2D eigenvalue weighted by Gasteiger charge is -2.18. The number of nitrogens with zero attached hydrogens (tertiary/aromatic N) is 4. The number of aromatic hydroxyl groups is 1. The Morgan fingerprint density at radius 2 is 1.03 bits per heavy atom. The van der Waals surface area contributed by atoms with E-state index >= 15 is 0 Å². The first-order chi connectivity index (χ1) is 35.0. The van der Waals surface area contributed by atoms with Crippen LogP contribution in [0.25, 0.3) is 44.3 Å². The van der Waals surface area contributed by atoms with Crippen LogP contribution in [0, 0.1) is 0 Å². The molecule has 0 radical (unpaired) electrons. The minimum Gasteiger partial charge on any atom is -0.506 e. The van der Waals surface area contributed by atoms with Gasteiger partial charge >= 0.3 is 38.7 Å². The van der Waals surface area contributed by atoms with Crippen molar-refractivity contribution in [3.63, 3.8) is 0 Å². The van der Waals surface area contributed by atoms with Gasteiger partial charge in [0.25, 0.3) is 0 Å². The number of pyridine rings is 4. The van der Waals surface area contributed by atoms with Gasteiger partial charge in [-0.1, -0.05) is 97.1 Å². The highest BCUT2D eigenvalue weighted by Gasteiger charge is 2.50. The lowest BCUT2D eigenvalue weighted by Crippen LogP contribution is -2.35. The largest absolute Gasteiger partial charge is 0.534 e. The molecule has 0 aliphatic carbocycles. The van der Waals surface area contributed by atoms with Gasteiger partial charge in [0.15, 0.2) is 28.2 Å². The number of fused-ring (bicyclic) bond motifs is 2. The summed E-state index contributed by atoms with van der Waals surface area (Å²) in [7, 11) is -3.39. The van der Waals surface area contributed by atoms with Gasteiger partial charge in [-0.3, -0.25) is 9.59 Å². The predicted molar refractivity (Wildman–Crippen MR) is 259 cm³/mol. The van der Waals surface area contributed by atoms with Crippen molar-refractivity contribution in [2.45, 2.75) is 32.6 Å². The van der Waals surface area contributed by atoms with E-state index in [0.717, 1.165) is 15.9 Å². The molecule has 0 spiro atoms. The molecule has 8 aromatic rings. The van der Waals surface area contributed by atoms with Crippen LogP contribution in [0.15, 0.2) is 143 Å². The second kappa shape index (κ2) is 22.4. The van der Waals surface area contributed by atoms with Crippen LogP contribution in [-0.4, -0.2) is 77.8 Å². The average Bonchev–Trinajstić information content (AvgIpc) is 3.39. The van der Waals surface area contributed by atoms with E-state index in [-0.39, 0.29) is 43.0 Å². The quantitative estimate of drug-likeness (QED) is 0.0556. The molecule has 0 bridgehead atoms. The summed E-state index contributed by atoms with van der Waals surface area (Å²) in [6, 6.07) is 34.5. The van der Waals surface area contributed by atoms with Crippen molar-refractivity contribution >= 4 is 44.1 Å². The first-order valence-electron chi connectivity index (χ1n) is 21.9. The number of halogens is 3. The van der Waals surface area contributed by atoms with E-state index in [1.807, 2.05) is 48.5 Å². The molecular formula is C51H43F3N4O14S. The zero-order valence-electron chi connectivity index (χ0n) is 39.1. The third-order valence-electron chi connectivity index (χ3n) is 10.6. The fourth-order valence-corrected chi connectivity index (χ4v) is 7.67. The lowest BCUT2D eigenvalue weighted by molar-refractivity contribution is -0.0500. The first kappa shape index (κ1) is 51.9. The Bertz CT molecular complexity index is 3560. The standard InChI is InChI=1S/C26H21F3N2O8S.C25H22N2O6/c1-3-37-25(33)21-22(39-40(34,35)26(27,28)29)19-13-17(18-11-7-8-12-20(18)36-2)14-30-23(19)31(24(21)32)38-15-16-9-5-4-6-10-16;1-3-32-25(30)21-22(28)19-13-17(18-11-7-8-12-20(18)31-2)14-26-23(19)27(24(21)29)33-15-16-9-5-4-6-10-16/h4-14H,3,15H2,1-2H3;4-14,28H,3,15H2,1-2H3. The van der Waals surface area contributed by atoms with Gasteiger partial charge in [-0.15, -0.1) is 9.46 Å². The number of benzene rings is 4. The first-order valence-corrected chi connectivity index (χ1v) is 23.3. The normalized spacial score (nSPS) is 11.3. The molecule has 22 heteroatoms. The second-order valence-corrected chi connectivity index (χ2v) is 16.7. The maximum Gasteiger partial charge on any atom is 0.534 e. The molecule has 18 nitrogen and oxygen atoms in total. The number of esters is 2. The Hall–Kier alpha value is -8.92. The number of rotatable bonds is 16. The SMILES string of the molecule is CCOC(=O)c1c(O)c2cc(-c3ccccc3OC)cnc2n(OCc2ccccc2)c1=O.CCOC(=O)c1c(OS(=O)(=O)C(F)(F)F)c2cc(-c3ccccc3OC)cnc2n(OCc2ccccc2)c1=O. The lowest BCUT2D eigenvalue weighted by atomic mass is 10.0. The summed E-state index contributed by atoms with van der Waals surface area (Å²) in [4.78, 5) is 71.9. The molecule has 0 saturated heterocycles. The van der Waals surface area contributed by atoms with E-state index < -0.39 is 72.3 Å². The minimum atomic E-state index is -6.34. The third-order valence-corrected chi connectivity index (χ3v) is 11.5. The molecule has 0 fully saturated rings. The molecule has 1 N–H and O–H groups in total. The van der Waals surface area contributed by atoms with E-state index in [1.165, 1.54) is 26.3 Å². The summed E-state index contributed by atoms with van der Waals surface area (Å²) in [5, 5.41) is 10.6. The van der Waals surface area contributed by atoms with Crippen molar-refractivity contribution in [2.75, 3.05) is 27.4 Å². The molecule has 0 aliphatic rings. The number of ether oxygens (including phenoxy) is 4. The summed E-state index contributed by atoms with van der Waals surface area (Å²) >= 11 is 0. The molecule has 0 atom stereocenters. The zero-order chi connectivity index (χ0) is 52.5. The number of methoxy groups -OCH3 is 2. The molecule has 8 rings (SSSR count). The Morgan fingerprint density at radius 3 is 1.48 bits per heavy atom. The van der Waals surface area contributed by atoms with E-state index in [4.69, 9.17) is 28.6 Å². The van der Waals surface area contributed by atoms with Crippen molar-refractivity contribution in [2.24, 2.45) is 0 Å². The van der Waals surface area contributed by atoms with Crippen molar-refractivity contribution in [1.29, 1.82) is 0 Å². The van der Waals surface area contributed by atoms with E-state index in [9.17, 15) is 45.9 Å². The predicted octanol–water partition coefficient (Wildman–Crippen LogP) is 7.69. The average molecular weight is 1020 g/mol. The van der Waals surface area contributed by atoms with Gasteiger partial charge in [-0.2, -0.15) is 21.6 Å². The van der Waals surface area contributed by atoms with Gasteiger partial charge in [0.05, 0.1) is 38.2 Å². The van der Waals surface area contributed by atoms with E-state index in [0.29, 0.717) is 32.9 Å². The number of carbonyl (C=O) groups is 2. The van der Waals surface area contributed by atoms with Crippen LogP contribution in [0.1, 0.15) is 45.7 Å². The van der Waals surface area contributed by atoms with Crippen molar-refractivity contribution in [1.82, 2.24) is 19.4 Å². The molecule has 0 unspecified atom stereocenters. The Labute approximate surface area is 413 Å². The molecule has 73 heavy (non-hydrogen) atoms. The maximum atomic E-state index is 13.5. The zero-order valence-corrected chi connectivity index (χ0v) is 39.9. The van der Waals surface area contributed by atoms with Gasteiger partial charge < -0.3 is 37.9 Å². The van der Waals surface area contributed by atoms with Crippen LogP contribution < -0.4 is 34.5 Å². The van der Waals surface area contributed by atoms with Crippen LogP contribution in [0.3, 0.4) is 0 Å². The molecule has 378 valence electrons. The molecular weight excluding hydrogens is 982 g/mol. The Morgan fingerprint density at radius 1 is 0.616 bits per heavy atom. The van der Waals surface area contributed by atoms with E-state index in [1.54, 1.807) is 87.0 Å². The van der Waals surface area contributed by atoms with Crippen LogP contribution in [-0.2, 0) is 32.8 Å². The van der Waals surface area contributed by atoms with E-state index in [2.05, 4.69) is 14.2 Å². The topological polar surface area (TPSA) is 223 Å². The molecule has 0 aliphatic heterocycles. The molecule has 4 aromatic carbocycles. The summed E-state index contributed by atoms with van der Waals surface area (Å²) in [6.45, 7) is 2.60. The summed E-state index contributed by atoms with van der Waals surface area (Å²) in [6.07, 6.45) is 2.82. The fraction of sp³-hybridized carbons (Fsp3) is 0.176. The molecule has 0 amide bonds. The highest BCUT2D eigenvalue weighted by Crippen LogP contribution is 2.38. The summed E-state index contributed by atoms with van der Waals surface area (Å²) < 4.78 is 90.8. The molecule has 0 saturated carbocycles. The number of hydrogen-bond acceptors (Lipinski definition) is 16. The maximum absolute atomic E-state index is 13.5. The smallest absolute Gasteiger partial charge is 0.506 e. The number of carbonyl (C=O) groups excluding carboxylic acids is 2. The van der Waals surface area contributed by atoms with Gasteiger partial charge in [0.1, 0.15) is 30.5 Å². The fourth-order valence-electron chi connectivity index (χ4n) is 7.18. The van der Waals surface area contributed by atoms with Crippen LogP contribution in [0.4, 0.5) is 13.2 Å². The monoisotopic (exact) mass is 1020 g/mol. The van der Waals surface area contributed by atoms with Crippen molar-refractivity contribution in [3.05, 3.63) is 177 Å². The Balaban J connectivity index is 0.000000218. The van der Waals surface area contributed by atoms with Gasteiger partial charge in [-0.05, 0) is 49.2 Å². The third kappa shape index (κ3) is 11.2. The van der Waals surface area contributed by atoms with Crippen molar-refractivity contribution < 1.29 is 69.1 Å². The van der Waals surface area contributed by atoms with Crippen LogP contribution >= 0.6 is 0 Å².